The van der Waals surface area contributed by atoms with Crippen LogP contribution in [0.1, 0.15) is 36.8 Å². The summed E-state index contributed by atoms with van der Waals surface area (Å²) in [6.07, 6.45) is 1.64. The number of furan rings is 1. The third kappa shape index (κ3) is 4.35. The number of aromatic nitrogens is 1. The van der Waals surface area contributed by atoms with Gasteiger partial charge in [0, 0.05) is 17.2 Å². The Bertz CT molecular complexity index is 1800. The molecule has 8 nitrogen and oxygen atoms in total. The third-order valence-electron chi connectivity index (χ3n) is 6.16. The lowest BCUT2D eigenvalue weighted by Gasteiger charge is -2.25. The highest BCUT2D eigenvalue weighted by Crippen LogP contribution is 2.35. The van der Waals surface area contributed by atoms with Crippen molar-refractivity contribution < 1.29 is 18.7 Å². The number of rotatable bonds is 6. The molecule has 3 heterocycles. The largest absolute Gasteiger partial charge is 0.496 e. The maximum atomic E-state index is 13.8. The molecule has 0 fully saturated rings. The van der Waals surface area contributed by atoms with Crippen molar-refractivity contribution in [3.63, 3.8) is 0 Å². The molecule has 0 aliphatic carbocycles. The number of ether oxygens (including phenoxy) is 2. The number of fused-ring (bicyclic) bond motifs is 1. The molecule has 1 aliphatic rings. The molecule has 1 aliphatic heterocycles. The number of thiazole rings is 1. The second-order valence-corrected chi connectivity index (χ2v) is 9.41. The van der Waals surface area contributed by atoms with Gasteiger partial charge < -0.3 is 13.9 Å². The molecule has 0 saturated heterocycles. The molecule has 1 atom stereocenters. The van der Waals surface area contributed by atoms with Crippen LogP contribution in [0.25, 0.3) is 17.4 Å². The zero-order chi connectivity index (χ0) is 26.8. The average molecular weight is 526 g/mol. The number of carbonyl (C=O) groups is 1. The number of para-hydroxylation sites is 1. The number of nitriles is 1. The van der Waals surface area contributed by atoms with Gasteiger partial charge in [-0.1, -0.05) is 41.7 Å². The number of hydrogen-bond donors (Lipinski definition) is 0. The highest BCUT2D eigenvalue weighted by molar-refractivity contribution is 7.07. The van der Waals surface area contributed by atoms with Crippen molar-refractivity contribution in [1.82, 2.24) is 4.57 Å². The molecule has 0 spiro atoms. The van der Waals surface area contributed by atoms with E-state index < -0.39 is 12.0 Å². The number of esters is 1. The van der Waals surface area contributed by atoms with E-state index >= 15 is 0 Å². The average Bonchev–Trinajstić information content (AvgIpc) is 3.52. The first kappa shape index (κ1) is 25.0. The second-order valence-electron chi connectivity index (χ2n) is 8.40. The zero-order valence-corrected chi connectivity index (χ0v) is 21.7. The smallest absolute Gasteiger partial charge is 0.338 e. The Morgan fingerprint density at radius 2 is 1.95 bits per heavy atom. The van der Waals surface area contributed by atoms with Crippen molar-refractivity contribution >= 4 is 23.4 Å². The van der Waals surface area contributed by atoms with E-state index in [2.05, 4.69) is 11.1 Å². The van der Waals surface area contributed by atoms with E-state index in [9.17, 15) is 14.9 Å². The van der Waals surface area contributed by atoms with Crippen LogP contribution in [0.2, 0.25) is 0 Å². The maximum Gasteiger partial charge on any atom is 0.338 e. The molecule has 2 aromatic carbocycles. The van der Waals surface area contributed by atoms with E-state index in [-0.39, 0.29) is 17.7 Å². The molecule has 2 aromatic heterocycles. The monoisotopic (exact) mass is 525 g/mol. The summed E-state index contributed by atoms with van der Waals surface area (Å²) in [5, 5.41) is 9.43. The van der Waals surface area contributed by atoms with Gasteiger partial charge in [0.2, 0.25) is 0 Å². The summed E-state index contributed by atoms with van der Waals surface area (Å²) in [4.78, 5) is 31.9. The molecule has 38 heavy (non-hydrogen) atoms. The first-order chi connectivity index (χ1) is 18.5. The van der Waals surface area contributed by atoms with Crippen LogP contribution < -0.4 is 19.6 Å². The van der Waals surface area contributed by atoms with Crippen molar-refractivity contribution in [2.75, 3.05) is 13.7 Å². The molecular weight excluding hydrogens is 502 g/mol. The number of nitrogens with zero attached hydrogens (tertiary/aromatic N) is 3. The molecule has 5 rings (SSSR count). The normalized spacial score (nSPS) is 15.0. The summed E-state index contributed by atoms with van der Waals surface area (Å²) in [5.41, 5.74) is 2.24. The molecule has 0 radical (unpaired) electrons. The summed E-state index contributed by atoms with van der Waals surface area (Å²) < 4.78 is 18.8. The minimum Gasteiger partial charge on any atom is -0.496 e. The van der Waals surface area contributed by atoms with Crippen molar-refractivity contribution in [2.24, 2.45) is 4.99 Å². The van der Waals surface area contributed by atoms with Crippen LogP contribution in [0, 0.1) is 11.3 Å². The van der Waals surface area contributed by atoms with Gasteiger partial charge in [0.1, 0.15) is 23.3 Å². The predicted molar refractivity (Wildman–Crippen MR) is 142 cm³/mol. The van der Waals surface area contributed by atoms with Gasteiger partial charge in [-0.15, -0.1) is 0 Å². The quantitative estimate of drug-likeness (QED) is 0.353. The van der Waals surface area contributed by atoms with E-state index in [4.69, 9.17) is 13.9 Å². The van der Waals surface area contributed by atoms with Crippen molar-refractivity contribution in [2.45, 2.75) is 19.9 Å². The Labute approximate surface area is 222 Å². The molecule has 1 unspecified atom stereocenters. The van der Waals surface area contributed by atoms with E-state index in [0.29, 0.717) is 49.0 Å². The lowest BCUT2D eigenvalue weighted by molar-refractivity contribution is -0.139. The highest BCUT2D eigenvalue weighted by atomic mass is 32.1. The molecular formula is C29H23N3O5S. The second kappa shape index (κ2) is 10.4. The Hall–Kier alpha value is -4.68. The zero-order valence-electron chi connectivity index (χ0n) is 20.9. The molecule has 0 saturated carbocycles. The van der Waals surface area contributed by atoms with Gasteiger partial charge in [-0.05, 0) is 44.2 Å². The van der Waals surface area contributed by atoms with Gasteiger partial charge in [0.15, 0.2) is 4.80 Å². The van der Waals surface area contributed by atoms with Crippen molar-refractivity contribution in [1.29, 1.82) is 5.26 Å². The van der Waals surface area contributed by atoms with Gasteiger partial charge in [-0.2, -0.15) is 5.26 Å². The Balaban J connectivity index is 1.67. The van der Waals surface area contributed by atoms with Crippen LogP contribution in [0.3, 0.4) is 0 Å². The highest BCUT2D eigenvalue weighted by Gasteiger charge is 2.35. The first-order valence-corrected chi connectivity index (χ1v) is 12.7. The van der Waals surface area contributed by atoms with E-state index in [1.54, 1.807) is 57.4 Å². The van der Waals surface area contributed by atoms with Crippen molar-refractivity contribution in [3.05, 3.63) is 109 Å². The van der Waals surface area contributed by atoms with E-state index in [1.165, 1.54) is 15.9 Å². The van der Waals surface area contributed by atoms with Gasteiger partial charge >= 0.3 is 5.97 Å². The molecule has 0 amide bonds. The Morgan fingerprint density at radius 3 is 2.71 bits per heavy atom. The molecule has 190 valence electrons. The topological polar surface area (TPSA) is 107 Å². The van der Waals surface area contributed by atoms with Crippen LogP contribution in [0.5, 0.6) is 5.75 Å². The van der Waals surface area contributed by atoms with Crippen LogP contribution >= 0.6 is 11.3 Å². The summed E-state index contributed by atoms with van der Waals surface area (Å²) in [7, 11) is 1.54. The van der Waals surface area contributed by atoms with Gasteiger partial charge in [-0.3, -0.25) is 9.36 Å². The lowest BCUT2D eigenvalue weighted by Crippen LogP contribution is -2.40. The summed E-state index contributed by atoms with van der Waals surface area (Å²) in [5.74, 6) is 0.975. The molecule has 4 aromatic rings. The summed E-state index contributed by atoms with van der Waals surface area (Å²) in [6, 6.07) is 19.3. The van der Waals surface area contributed by atoms with Crippen LogP contribution in [0.15, 0.2) is 86.1 Å². The Kier molecular flexibility index (Phi) is 6.81. The molecule has 0 N–H and O–H groups in total. The fourth-order valence-electron chi connectivity index (χ4n) is 4.48. The SMILES string of the molecule is CCOC(=O)C1=C(C)N=c2s/c(=C/c3ccc(-c4ccccc4C#N)o3)c(=O)n2C1c1ccccc1OC. The van der Waals surface area contributed by atoms with Gasteiger partial charge in [0.25, 0.3) is 5.56 Å². The van der Waals surface area contributed by atoms with Gasteiger partial charge in [0.05, 0.1) is 41.2 Å². The minimum absolute atomic E-state index is 0.189. The lowest BCUT2D eigenvalue weighted by atomic mass is 9.95. The molecule has 0 bridgehead atoms. The first-order valence-electron chi connectivity index (χ1n) is 11.9. The Morgan fingerprint density at radius 1 is 1.18 bits per heavy atom. The van der Waals surface area contributed by atoms with E-state index in [0.717, 1.165) is 0 Å². The maximum absolute atomic E-state index is 13.8. The van der Waals surface area contributed by atoms with E-state index in [1.807, 2.05) is 30.3 Å². The van der Waals surface area contributed by atoms with Gasteiger partial charge in [-0.25, -0.2) is 9.79 Å². The number of hydrogen-bond acceptors (Lipinski definition) is 8. The standard InChI is InChI=1S/C29H23N3O5S/c1-4-36-28(34)25-17(2)31-29-32(26(25)21-11-7-8-12-22(21)35-3)27(33)24(38-29)15-19-13-14-23(37-19)20-10-6-5-9-18(20)16-30/h5-15,26H,4H2,1-3H3/b24-15+. The van der Waals surface area contributed by atoms with Crippen molar-refractivity contribution in [3.8, 4) is 23.1 Å². The molecule has 9 heteroatoms. The predicted octanol–water partition coefficient (Wildman–Crippen LogP) is 3.94. The fraction of sp³-hybridized carbons (Fsp3) is 0.172. The third-order valence-corrected chi connectivity index (χ3v) is 7.15. The van der Waals surface area contributed by atoms with Crippen LogP contribution in [0.4, 0.5) is 0 Å². The number of carbonyl (C=O) groups excluding carboxylic acids is 1. The number of methoxy groups -OCH3 is 1. The van der Waals surface area contributed by atoms with Crippen LogP contribution in [-0.2, 0) is 9.53 Å². The summed E-state index contributed by atoms with van der Waals surface area (Å²) in [6.45, 7) is 3.65. The fourth-order valence-corrected chi connectivity index (χ4v) is 5.50. The number of benzene rings is 2. The van der Waals surface area contributed by atoms with Crippen LogP contribution in [-0.4, -0.2) is 24.3 Å². The minimum atomic E-state index is -0.779. The number of allylic oxidation sites excluding steroid dienone is 1. The summed E-state index contributed by atoms with van der Waals surface area (Å²) >= 11 is 1.20.